The molecule has 202 valence electrons. The minimum atomic E-state index is -0.768. The standard InChI is InChI=1S/C29H42N4O4/c1-21(26(30)16-22-8-6-5-7-9-22)17-33(31-28(34)27(32-35)29(2,3)4)18-23-10-12-25(13-11-23)37-20-24-14-15-36-19-24/h6,8-15,19,21,26-27,32,35H,5,7,16-18,20,30H2,1-4H3,(H,31,34). The van der Waals surface area contributed by atoms with Gasteiger partial charge in [-0.05, 0) is 54.4 Å². The van der Waals surface area contributed by atoms with Crippen molar-refractivity contribution in [3.8, 4) is 5.75 Å². The van der Waals surface area contributed by atoms with E-state index in [-0.39, 0.29) is 17.9 Å². The van der Waals surface area contributed by atoms with Crippen molar-refractivity contribution in [1.82, 2.24) is 15.9 Å². The molecular weight excluding hydrogens is 468 g/mol. The largest absolute Gasteiger partial charge is 0.489 e. The highest BCUT2D eigenvalue weighted by atomic mass is 16.5. The smallest absolute Gasteiger partial charge is 0.254 e. The summed E-state index contributed by atoms with van der Waals surface area (Å²) in [5, 5.41) is 11.5. The third kappa shape index (κ3) is 9.16. The highest BCUT2D eigenvalue weighted by molar-refractivity contribution is 5.81. The minimum absolute atomic E-state index is 0.0542. The zero-order valence-electron chi connectivity index (χ0n) is 22.4. The first-order chi connectivity index (χ1) is 17.7. The Morgan fingerprint density at radius 3 is 2.54 bits per heavy atom. The summed E-state index contributed by atoms with van der Waals surface area (Å²) in [5.74, 6) is 0.569. The lowest BCUT2D eigenvalue weighted by atomic mass is 9.87. The number of allylic oxidation sites excluding steroid dienone is 3. The third-order valence-electron chi connectivity index (χ3n) is 6.59. The Balaban J connectivity index is 1.67. The van der Waals surface area contributed by atoms with Crippen LogP contribution in [-0.4, -0.2) is 34.8 Å². The number of benzene rings is 1. The highest BCUT2D eigenvalue weighted by Gasteiger charge is 2.32. The number of nitrogens with one attached hydrogen (secondary N) is 2. The van der Waals surface area contributed by atoms with Crippen LogP contribution in [0.2, 0.25) is 0 Å². The fraction of sp³-hybridized carbons (Fsp3) is 0.483. The maximum atomic E-state index is 13.1. The summed E-state index contributed by atoms with van der Waals surface area (Å²) >= 11 is 0. The van der Waals surface area contributed by atoms with E-state index >= 15 is 0 Å². The number of carbonyl (C=O) groups is 1. The number of hydrogen-bond donors (Lipinski definition) is 4. The van der Waals surface area contributed by atoms with Crippen LogP contribution in [0, 0.1) is 11.3 Å². The van der Waals surface area contributed by atoms with Gasteiger partial charge in [0.15, 0.2) is 0 Å². The van der Waals surface area contributed by atoms with Crippen LogP contribution in [0.15, 0.2) is 71.1 Å². The molecular formula is C29H42N4O4. The number of furan rings is 1. The van der Waals surface area contributed by atoms with Crippen molar-refractivity contribution in [3.63, 3.8) is 0 Å². The SMILES string of the molecule is CC(CN(Cc1ccc(OCc2ccoc2)cc1)NC(=O)C(NO)C(C)(C)C)C(N)CC1=CCCC=C1. The fourth-order valence-corrected chi connectivity index (χ4v) is 4.24. The molecule has 3 atom stereocenters. The van der Waals surface area contributed by atoms with Crippen LogP contribution in [0.4, 0.5) is 0 Å². The molecule has 0 saturated carbocycles. The summed E-state index contributed by atoms with van der Waals surface area (Å²) in [7, 11) is 0. The summed E-state index contributed by atoms with van der Waals surface area (Å²) in [4.78, 5) is 13.1. The maximum Gasteiger partial charge on any atom is 0.254 e. The van der Waals surface area contributed by atoms with E-state index < -0.39 is 11.5 Å². The summed E-state index contributed by atoms with van der Waals surface area (Å²) in [5.41, 5.74) is 14.5. The molecule has 8 heteroatoms. The van der Waals surface area contributed by atoms with Crippen LogP contribution in [0.3, 0.4) is 0 Å². The van der Waals surface area contributed by atoms with Gasteiger partial charge in [-0.15, -0.1) is 0 Å². The molecule has 8 nitrogen and oxygen atoms in total. The molecule has 0 bridgehead atoms. The number of hydrazine groups is 1. The zero-order chi connectivity index (χ0) is 26.8. The second kappa shape index (κ2) is 13.6. The third-order valence-corrected chi connectivity index (χ3v) is 6.59. The van der Waals surface area contributed by atoms with Gasteiger partial charge in [0.1, 0.15) is 18.4 Å². The monoisotopic (exact) mass is 510 g/mol. The van der Waals surface area contributed by atoms with Crippen LogP contribution in [0.1, 0.15) is 58.1 Å². The molecule has 1 aliphatic carbocycles. The van der Waals surface area contributed by atoms with Gasteiger partial charge >= 0.3 is 0 Å². The molecule has 3 rings (SSSR count). The topological polar surface area (TPSA) is 113 Å². The van der Waals surface area contributed by atoms with E-state index in [0.717, 1.165) is 36.1 Å². The van der Waals surface area contributed by atoms with E-state index in [1.54, 1.807) is 12.5 Å². The summed E-state index contributed by atoms with van der Waals surface area (Å²) in [6, 6.07) is 8.85. The van der Waals surface area contributed by atoms with Crippen LogP contribution >= 0.6 is 0 Å². The van der Waals surface area contributed by atoms with Gasteiger partial charge in [-0.3, -0.25) is 10.2 Å². The Kier molecular flexibility index (Phi) is 10.5. The van der Waals surface area contributed by atoms with Gasteiger partial charge in [0, 0.05) is 24.7 Å². The van der Waals surface area contributed by atoms with Crippen molar-refractivity contribution in [1.29, 1.82) is 0 Å². The van der Waals surface area contributed by atoms with E-state index in [9.17, 15) is 10.0 Å². The molecule has 0 spiro atoms. The average Bonchev–Trinajstić information content (AvgIpc) is 3.37. The molecule has 37 heavy (non-hydrogen) atoms. The first-order valence-electron chi connectivity index (χ1n) is 12.9. The number of hydrogen-bond acceptors (Lipinski definition) is 7. The van der Waals surface area contributed by atoms with Crippen molar-refractivity contribution in [2.24, 2.45) is 17.1 Å². The Morgan fingerprint density at radius 1 is 1.19 bits per heavy atom. The molecule has 0 saturated heterocycles. The van der Waals surface area contributed by atoms with E-state index in [2.05, 4.69) is 36.1 Å². The van der Waals surface area contributed by atoms with Gasteiger partial charge in [-0.2, -0.15) is 5.48 Å². The lowest BCUT2D eigenvalue weighted by Crippen LogP contribution is -2.56. The van der Waals surface area contributed by atoms with Crippen LogP contribution in [-0.2, 0) is 17.9 Å². The van der Waals surface area contributed by atoms with Gasteiger partial charge in [0.05, 0.1) is 12.5 Å². The van der Waals surface area contributed by atoms with E-state index in [1.165, 1.54) is 5.57 Å². The lowest BCUT2D eigenvalue weighted by molar-refractivity contribution is -0.134. The predicted octanol–water partition coefficient (Wildman–Crippen LogP) is 4.72. The quantitative estimate of drug-likeness (QED) is 0.289. The van der Waals surface area contributed by atoms with Gasteiger partial charge in [-0.25, -0.2) is 5.01 Å². The van der Waals surface area contributed by atoms with Crippen molar-refractivity contribution in [2.45, 2.75) is 72.2 Å². The Morgan fingerprint density at radius 2 is 1.95 bits per heavy atom. The number of hydroxylamine groups is 1. The van der Waals surface area contributed by atoms with Crippen LogP contribution in [0.25, 0.3) is 0 Å². The lowest BCUT2D eigenvalue weighted by Gasteiger charge is -2.33. The normalized spacial score (nSPS) is 16.2. The van der Waals surface area contributed by atoms with Crippen molar-refractivity contribution in [2.75, 3.05) is 6.54 Å². The number of amides is 1. The Bertz CT molecular complexity index is 1030. The Hall–Kier alpha value is -2.91. The van der Waals surface area contributed by atoms with E-state index in [1.807, 2.05) is 56.1 Å². The molecule has 1 aromatic heterocycles. The zero-order valence-corrected chi connectivity index (χ0v) is 22.4. The number of rotatable bonds is 13. The van der Waals surface area contributed by atoms with Crippen LogP contribution < -0.4 is 21.4 Å². The summed E-state index contributed by atoms with van der Waals surface area (Å²) in [6.45, 7) is 9.28. The number of nitrogens with two attached hydrogens (primary N) is 1. The fourth-order valence-electron chi connectivity index (χ4n) is 4.24. The molecule has 0 radical (unpaired) electrons. The molecule has 2 aromatic rings. The average molecular weight is 511 g/mol. The highest BCUT2D eigenvalue weighted by Crippen LogP contribution is 2.21. The molecule has 0 aliphatic heterocycles. The molecule has 3 unspecified atom stereocenters. The number of nitrogens with zero attached hydrogens (tertiary/aromatic N) is 1. The Labute approximate surface area is 220 Å². The van der Waals surface area contributed by atoms with Crippen molar-refractivity contribution >= 4 is 5.91 Å². The molecule has 1 heterocycles. The first kappa shape index (κ1) is 28.7. The van der Waals surface area contributed by atoms with Crippen LogP contribution in [0.5, 0.6) is 5.75 Å². The number of ether oxygens (including phenoxy) is 1. The second-order valence-electron chi connectivity index (χ2n) is 11.0. The second-order valence-corrected chi connectivity index (χ2v) is 11.0. The minimum Gasteiger partial charge on any atom is -0.489 e. The molecule has 5 N–H and O–H groups in total. The molecule has 1 amide bonds. The van der Waals surface area contributed by atoms with Gasteiger partial charge in [0.25, 0.3) is 5.91 Å². The van der Waals surface area contributed by atoms with Crippen molar-refractivity contribution in [3.05, 3.63) is 77.8 Å². The first-order valence-corrected chi connectivity index (χ1v) is 12.9. The van der Waals surface area contributed by atoms with Gasteiger partial charge in [0.2, 0.25) is 0 Å². The molecule has 1 aliphatic rings. The van der Waals surface area contributed by atoms with Gasteiger partial charge < -0.3 is 20.1 Å². The molecule has 0 fully saturated rings. The predicted molar refractivity (Wildman–Crippen MR) is 144 cm³/mol. The van der Waals surface area contributed by atoms with Crippen molar-refractivity contribution < 1.29 is 19.2 Å². The summed E-state index contributed by atoms with van der Waals surface area (Å²) < 4.78 is 10.9. The molecule has 1 aromatic carbocycles. The maximum absolute atomic E-state index is 13.1. The van der Waals surface area contributed by atoms with Gasteiger partial charge in [-0.1, -0.05) is 63.6 Å². The van der Waals surface area contributed by atoms with E-state index in [0.29, 0.717) is 19.7 Å². The summed E-state index contributed by atoms with van der Waals surface area (Å²) in [6.07, 6.45) is 12.8. The van der Waals surface area contributed by atoms with E-state index in [4.69, 9.17) is 14.9 Å². The number of carbonyl (C=O) groups excluding carboxylic acids is 1.